The summed E-state index contributed by atoms with van der Waals surface area (Å²) in [6.45, 7) is 0. The van der Waals surface area contributed by atoms with Crippen LogP contribution in [0.15, 0.2) is 87.9 Å². The van der Waals surface area contributed by atoms with Crippen LogP contribution in [-0.4, -0.2) is 38.9 Å². The topological polar surface area (TPSA) is 72.2 Å². The van der Waals surface area contributed by atoms with Crippen LogP contribution in [0.5, 0.6) is 0 Å². The van der Waals surface area contributed by atoms with E-state index in [-0.39, 0.29) is 11.7 Å². The molecule has 1 heterocycles. The van der Waals surface area contributed by atoms with Crippen molar-refractivity contribution >= 4 is 58.8 Å². The number of hydrogen-bond acceptors (Lipinski definition) is 6. The Labute approximate surface area is 215 Å². The van der Waals surface area contributed by atoms with Crippen LogP contribution in [0.1, 0.15) is 5.56 Å². The summed E-state index contributed by atoms with van der Waals surface area (Å²) < 4.78 is 1.88. The van der Waals surface area contributed by atoms with Gasteiger partial charge in [0.1, 0.15) is 0 Å². The van der Waals surface area contributed by atoms with Gasteiger partial charge in [-0.05, 0) is 72.5 Å². The molecule has 0 aliphatic rings. The highest BCUT2D eigenvalue weighted by Crippen LogP contribution is 2.29. The number of amides is 1. The minimum absolute atomic E-state index is 0.120. The third-order valence-electron chi connectivity index (χ3n) is 4.67. The fourth-order valence-electron chi connectivity index (χ4n) is 3.00. The number of nitrogens with one attached hydrogen (secondary N) is 1. The lowest BCUT2D eigenvalue weighted by atomic mass is 10.2. The number of carbonyl (C=O) groups excluding carboxylic acids is 1. The number of hydrazone groups is 1. The highest BCUT2D eigenvalue weighted by atomic mass is 35.5. The molecule has 34 heavy (non-hydrogen) atoms. The van der Waals surface area contributed by atoms with Gasteiger partial charge in [0.25, 0.3) is 5.91 Å². The number of aromatic nitrogens is 3. The molecule has 0 radical (unpaired) electrons. The van der Waals surface area contributed by atoms with Gasteiger partial charge in [-0.25, -0.2) is 5.43 Å². The molecule has 3 aromatic carbocycles. The predicted molar refractivity (Wildman–Crippen MR) is 141 cm³/mol. The third kappa shape index (κ3) is 6.21. The summed E-state index contributed by atoms with van der Waals surface area (Å²) in [4.78, 5) is 13.5. The van der Waals surface area contributed by atoms with E-state index in [0.29, 0.717) is 21.0 Å². The normalized spacial score (nSPS) is 11.1. The molecular formula is C24H19Cl2N5OS2. The van der Waals surface area contributed by atoms with Crippen molar-refractivity contribution in [1.82, 2.24) is 20.2 Å². The largest absolute Gasteiger partial charge is 0.272 e. The first-order valence-electron chi connectivity index (χ1n) is 10.1. The number of nitrogens with zero attached hydrogens (tertiary/aromatic N) is 4. The summed E-state index contributed by atoms with van der Waals surface area (Å²) >= 11 is 15.0. The maximum Gasteiger partial charge on any atom is 0.250 e. The van der Waals surface area contributed by atoms with Gasteiger partial charge in [-0.2, -0.15) is 5.10 Å². The van der Waals surface area contributed by atoms with E-state index in [9.17, 15) is 4.79 Å². The minimum atomic E-state index is -0.249. The zero-order chi connectivity index (χ0) is 23.9. The maximum atomic E-state index is 12.4. The molecule has 10 heteroatoms. The molecule has 4 rings (SSSR count). The lowest BCUT2D eigenvalue weighted by molar-refractivity contribution is -0.118. The van der Waals surface area contributed by atoms with Crippen LogP contribution in [0.3, 0.4) is 0 Å². The van der Waals surface area contributed by atoms with Gasteiger partial charge in [0, 0.05) is 26.2 Å². The van der Waals surface area contributed by atoms with Crippen molar-refractivity contribution in [1.29, 1.82) is 0 Å². The molecule has 0 aliphatic heterocycles. The Balaban J connectivity index is 1.48. The maximum absolute atomic E-state index is 12.4. The quantitative estimate of drug-likeness (QED) is 0.167. The number of halogens is 2. The molecule has 0 spiro atoms. The zero-order valence-corrected chi connectivity index (χ0v) is 21.1. The highest BCUT2D eigenvalue weighted by molar-refractivity contribution is 7.99. The fraction of sp³-hybridized carbons (Fsp3) is 0.0833. The van der Waals surface area contributed by atoms with Gasteiger partial charge in [0.2, 0.25) is 0 Å². The number of carbonyl (C=O) groups is 1. The second-order valence-electron chi connectivity index (χ2n) is 6.98. The molecule has 0 unspecified atom stereocenters. The zero-order valence-electron chi connectivity index (χ0n) is 18.0. The summed E-state index contributed by atoms with van der Waals surface area (Å²) in [5.74, 6) is 0.504. The molecule has 0 atom stereocenters. The van der Waals surface area contributed by atoms with Gasteiger partial charge >= 0.3 is 0 Å². The monoisotopic (exact) mass is 527 g/mol. The lowest BCUT2D eigenvalue weighted by Gasteiger charge is -2.10. The van der Waals surface area contributed by atoms with E-state index in [1.165, 1.54) is 16.7 Å². The number of thioether (sulfide) groups is 2. The molecule has 0 saturated carbocycles. The van der Waals surface area contributed by atoms with Crippen molar-refractivity contribution in [2.75, 3.05) is 12.0 Å². The molecule has 0 bridgehead atoms. The number of benzene rings is 3. The molecule has 1 amide bonds. The molecule has 0 saturated heterocycles. The van der Waals surface area contributed by atoms with Gasteiger partial charge in [-0.1, -0.05) is 47.1 Å². The van der Waals surface area contributed by atoms with Crippen LogP contribution >= 0.6 is 46.7 Å². The summed E-state index contributed by atoms with van der Waals surface area (Å²) in [5, 5.41) is 14.6. The van der Waals surface area contributed by atoms with Crippen molar-refractivity contribution in [2.45, 2.75) is 10.1 Å². The molecule has 4 aromatic rings. The average Bonchev–Trinajstić information content (AvgIpc) is 3.28. The number of rotatable bonds is 8. The first-order chi connectivity index (χ1) is 16.5. The molecule has 0 fully saturated rings. The summed E-state index contributed by atoms with van der Waals surface area (Å²) in [6.07, 6.45) is 3.63. The van der Waals surface area contributed by atoms with Crippen LogP contribution < -0.4 is 5.43 Å². The van der Waals surface area contributed by atoms with Crippen LogP contribution in [0.25, 0.3) is 17.1 Å². The molecule has 1 N–H and O–H groups in total. The van der Waals surface area contributed by atoms with Crippen molar-refractivity contribution in [3.8, 4) is 17.1 Å². The van der Waals surface area contributed by atoms with E-state index < -0.39 is 0 Å². The van der Waals surface area contributed by atoms with E-state index >= 15 is 0 Å². The van der Waals surface area contributed by atoms with Crippen molar-refractivity contribution < 1.29 is 4.79 Å². The first kappa shape index (κ1) is 24.3. The summed E-state index contributed by atoms with van der Waals surface area (Å²) in [6, 6.07) is 22.6. The van der Waals surface area contributed by atoms with Crippen LogP contribution in [0.2, 0.25) is 10.0 Å². The molecule has 172 valence electrons. The SMILES string of the molecule is CSc1ccc(C=NNC(=O)CSc2nnc(-c3ccc(Cl)cc3)n2-c2ccc(Cl)cc2)cc1. The molecule has 6 nitrogen and oxygen atoms in total. The van der Waals surface area contributed by atoms with Crippen LogP contribution in [-0.2, 0) is 4.79 Å². The number of hydrogen-bond donors (Lipinski definition) is 1. The minimum Gasteiger partial charge on any atom is -0.272 e. The Morgan fingerprint density at radius 2 is 1.62 bits per heavy atom. The van der Waals surface area contributed by atoms with Gasteiger partial charge in [0.15, 0.2) is 11.0 Å². The summed E-state index contributed by atoms with van der Waals surface area (Å²) in [7, 11) is 0. The third-order valence-corrected chi connectivity index (χ3v) is 6.85. The smallest absolute Gasteiger partial charge is 0.250 e. The van der Waals surface area contributed by atoms with Crippen molar-refractivity contribution in [3.63, 3.8) is 0 Å². The highest BCUT2D eigenvalue weighted by Gasteiger charge is 2.17. The Morgan fingerprint density at radius 3 is 2.26 bits per heavy atom. The first-order valence-corrected chi connectivity index (χ1v) is 13.1. The van der Waals surface area contributed by atoms with Crippen LogP contribution in [0.4, 0.5) is 0 Å². The average molecular weight is 528 g/mol. The Bertz CT molecular complexity index is 1290. The Morgan fingerprint density at radius 1 is 0.971 bits per heavy atom. The molecular weight excluding hydrogens is 509 g/mol. The van der Waals surface area contributed by atoms with Gasteiger partial charge in [-0.15, -0.1) is 22.0 Å². The van der Waals surface area contributed by atoms with E-state index in [1.807, 2.05) is 59.4 Å². The van der Waals surface area contributed by atoms with Crippen molar-refractivity contribution in [2.24, 2.45) is 5.10 Å². The molecule has 0 aliphatic carbocycles. The van der Waals surface area contributed by atoms with Crippen LogP contribution in [0, 0.1) is 0 Å². The van der Waals surface area contributed by atoms with Gasteiger partial charge < -0.3 is 0 Å². The standard InChI is InChI=1S/C24H19Cl2N5OS2/c1-33-21-12-2-16(3-13-21)14-27-28-22(32)15-34-24-30-29-23(17-4-6-18(25)7-5-17)31(24)20-10-8-19(26)9-11-20/h2-14H,15H2,1H3,(H,28,32). The second-order valence-corrected chi connectivity index (χ2v) is 9.67. The molecule has 1 aromatic heterocycles. The van der Waals surface area contributed by atoms with Crippen molar-refractivity contribution in [3.05, 3.63) is 88.4 Å². The van der Waals surface area contributed by atoms with Gasteiger partial charge in [0.05, 0.1) is 12.0 Å². The van der Waals surface area contributed by atoms with E-state index in [0.717, 1.165) is 16.8 Å². The summed E-state index contributed by atoms with van der Waals surface area (Å²) in [5.41, 5.74) is 5.14. The van der Waals surface area contributed by atoms with Gasteiger partial charge in [-0.3, -0.25) is 9.36 Å². The Kier molecular flexibility index (Phi) is 8.29. The fourth-order valence-corrected chi connectivity index (χ4v) is 4.41. The van der Waals surface area contributed by atoms with E-state index in [4.69, 9.17) is 23.2 Å². The van der Waals surface area contributed by atoms with E-state index in [2.05, 4.69) is 20.7 Å². The van der Waals surface area contributed by atoms with E-state index in [1.54, 1.807) is 42.2 Å². The Hall–Kier alpha value is -2.78. The lowest BCUT2D eigenvalue weighted by Crippen LogP contribution is -2.20. The predicted octanol–water partition coefficient (Wildman–Crippen LogP) is 6.21. The second kappa shape index (κ2) is 11.6.